The fraction of sp³-hybridized carbons (Fsp3) is 0.750. The molecule has 1 saturated heterocycles. The van der Waals surface area contributed by atoms with Gasteiger partial charge >= 0.3 is 6.09 Å². The third-order valence-electron chi connectivity index (χ3n) is 4.25. The Bertz CT molecular complexity index is 618. The van der Waals surface area contributed by atoms with Crippen LogP contribution in [0.15, 0.2) is 11.2 Å². The second-order valence-corrected chi connectivity index (χ2v) is 10.3. The number of likely N-dealkylation sites (tertiary alicyclic amines) is 1. The van der Waals surface area contributed by atoms with Crippen LogP contribution in [0, 0.1) is 5.41 Å². The van der Waals surface area contributed by atoms with Gasteiger partial charge in [0.05, 0.1) is 9.88 Å². The predicted molar refractivity (Wildman–Crippen MR) is 108 cm³/mol. The lowest BCUT2D eigenvalue weighted by molar-refractivity contribution is 0.0205. The molecule has 26 heavy (non-hydrogen) atoms. The van der Waals surface area contributed by atoms with Gasteiger partial charge in [-0.25, -0.2) is 9.78 Å². The number of hydrogen-bond donors (Lipinski definition) is 0. The second-order valence-electron chi connectivity index (χ2n) is 9.19. The van der Waals surface area contributed by atoms with Crippen molar-refractivity contribution >= 4 is 23.6 Å². The van der Waals surface area contributed by atoms with E-state index >= 15 is 0 Å². The molecule has 2 rings (SSSR count). The predicted octanol–water partition coefficient (Wildman–Crippen LogP) is 5.11. The molecule has 5 nitrogen and oxygen atoms in total. The number of hydrogen-bond acceptors (Lipinski definition) is 5. The summed E-state index contributed by atoms with van der Waals surface area (Å²) in [5, 5.41) is 1.16. The Hall–Kier alpha value is -1.43. The fourth-order valence-electron chi connectivity index (χ4n) is 2.74. The molecule has 1 amide bonds. The minimum absolute atomic E-state index is 0.207. The van der Waals surface area contributed by atoms with Gasteiger partial charge in [0.25, 0.3) is 0 Å². The highest BCUT2D eigenvalue weighted by molar-refractivity contribution is 7.13. The zero-order valence-corrected chi connectivity index (χ0v) is 17.9. The SMILES string of the molecule is CC(C)(C)CC/N=C\c1cnc(C2CCN(C(=O)OC(C)(C)C)CC2)s1. The number of ether oxygens (including phenoxy) is 1. The highest BCUT2D eigenvalue weighted by Gasteiger charge is 2.28. The molecule has 146 valence electrons. The normalized spacial score (nSPS) is 17.1. The van der Waals surface area contributed by atoms with E-state index in [1.165, 1.54) is 0 Å². The summed E-state index contributed by atoms with van der Waals surface area (Å²) in [5.74, 6) is 0.426. The highest BCUT2D eigenvalue weighted by atomic mass is 32.1. The maximum absolute atomic E-state index is 12.2. The number of rotatable bonds is 4. The van der Waals surface area contributed by atoms with Crippen molar-refractivity contribution in [2.45, 2.75) is 72.3 Å². The third kappa shape index (κ3) is 7.06. The molecule has 1 aliphatic heterocycles. The maximum atomic E-state index is 12.2. The van der Waals surface area contributed by atoms with Gasteiger partial charge in [-0.1, -0.05) is 20.8 Å². The van der Waals surface area contributed by atoms with Gasteiger partial charge in [0, 0.05) is 38.0 Å². The average molecular weight is 380 g/mol. The molecule has 0 saturated carbocycles. The first-order chi connectivity index (χ1) is 12.0. The highest BCUT2D eigenvalue weighted by Crippen LogP contribution is 2.31. The molecule has 1 aromatic rings. The van der Waals surface area contributed by atoms with Gasteiger partial charge in [0.1, 0.15) is 5.60 Å². The zero-order valence-electron chi connectivity index (χ0n) is 17.0. The van der Waals surface area contributed by atoms with Crippen LogP contribution in [0.3, 0.4) is 0 Å². The van der Waals surface area contributed by atoms with Crippen LogP contribution in [0.5, 0.6) is 0 Å². The van der Waals surface area contributed by atoms with Crippen molar-refractivity contribution in [2.24, 2.45) is 10.4 Å². The topological polar surface area (TPSA) is 54.8 Å². The fourth-order valence-corrected chi connectivity index (χ4v) is 3.72. The minimum Gasteiger partial charge on any atom is -0.444 e. The number of nitrogens with zero attached hydrogens (tertiary/aromatic N) is 3. The van der Waals surface area contributed by atoms with E-state index < -0.39 is 5.60 Å². The summed E-state index contributed by atoms with van der Waals surface area (Å²) in [6.45, 7) is 14.7. The van der Waals surface area contributed by atoms with E-state index in [2.05, 4.69) is 30.7 Å². The molecule has 0 aliphatic carbocycles. The number of thiazole rings is 1. The Labute approximate surface area is 161 Å². The van der Waals surface area contributed by atoms with E-state index in [1.54, 1.807) is 11.3 Å². The smallest absolute Gasteiger partial charge is 0.410 e. The molecule has 0 N–H and O–H groups in total. The lowest BCUT2D eigenvalue weighted by Gasteiger charge is -2.32. The lowest BCUT2D eigenvalue weighted by Crippen LogP contribution is -2.41. The number of aliphatic imine (C=N–C) groups is 1. The quantitative estimate of drug-likeness (QED) is 0.683. The standard InChI is InChI=1S/C20H33N3O2S/c1-19(2,3)9-10-21-13-16-14-22-17(26-16)15-7-11-23(12-8-15)18(24)25-20(4,5)6/h13-15H,7-12H2,1-6H3/b21-13-. The molecule has 1 aromatic heterocycles. The molecule has 0 unspecified atom stereocenters. The Kier molecular flexibility index (Phi) is 6.83. The van der Waals surface area contributed by atoms with Crippen LogP contribution in [0.1, 0.15) is 76.6 Å². The van der Waals surface area contributed by atoms with Crippen molar-refractivity contribution in [2.75, 3.05) is 19.6 Å². The van der Waals surface area contributed by atoms with Gasteiger partial charge < -0.3 is 9.64 Å². The number of amides is 1. The molecule has 1 fully saturated rings. The molecular formula is C20H33N3O2S. The van der Waals surface area contributed by atoms with Gasteiger partial charge in [0.2, 0.25) is 0 Å². The maximum Gasteiger partial charge on any atom is 0.410 e. The summed E-state index contributed by atoms with van der Waals surface area (Å²) < 4.78 is 5.46. The van der Waals surface area contributed by atoms with Crippen molar-refractivity contribution in [3.8, 4) is 0 Å². The molecule has 0 aromatic carbocycles. The van der Waals surface area contributed by atoms with Crippen molar-refractivity contribution in [3.05, 3.63) is 16.1 Å². The van der Waals surface area contributed by atoms with Crippen molar-refractivity contribution in [1.82, 2.24) is 9.88 Å². The van der Waals surface area contributed by atoms with Crippen LogP contribution in [-0.2, 0) is 4.74 Å². The van der Waals surface area contributed by atoms with Crippen LogP contribution in [0.2, 0.25) is 0 Å². The van der Waals surface area contributed by atoms with Crippen LogP contribution in [0.4, 0.5) is 4.79 Å². The van der Waals surface area contributed by atoms with E-state index in [9.17, 15) is 4.79 Å². The third-order valence-corrected chi connectivity index (χ3v) is 5.34. The molecule has 0 bridgehead atoms. The van der Waals surface area contributed by atoms with Crippen molar-refractivity contribution in [1.29, 1.82) is 0 Å². The van der Waals surface area contributed by atoms with Gasteiger partial charge in [-0.3, -0.25) is 4.99 Å². The monoisotopic (exact) mass is 379 g/mol. The van der Waals surface area contributed by atoms with Crippen LogP contribution >= 0.6 is 11.3 Å². The Morgan fingerprint density at radius 3 is 2.54 bits per heavy atom. The molecule has 1 aliphatic rings. The minimum atomic E-state index is -0.440. The number of carbonyl (C=O) groups excluding carboxylic acids is 1. The van der Waals surface area contributed by atoms with Gasteiger partial charge in [-0.15, -0.1) is 11.3 Å². The molecule has 0 spiro atoms. The number of aromatic nitrogens is 1. The van der Waals surface area contributed by atoms with Gasteiger partial charge in [-0.05, 0) is 45.4 Å². The number of piperidine rings is 1. The largest absolute Gasteiger partial charge is 0.444 e. The second kappa shape index (κ2) is 8.51. The van der Waals surface area contributed by atoms with E-state index in [0.29, 0.717) is 11.3 Å². The summed E-state index contributed by atoms with van der Waals surface area (Å²) in [6.07, 6.45) is 6.62. The lowest BCUT2D eigenvalue weighted by atomic mass is 9.93. The van der Waals surface area contributed by atoms with Crippen molar-refractivity contribution < 1.29 is 9.53 Å². The molecular weight excluding hydrogens is 346 g/mol. The summed E-state index contributed by atoms with van der Waals surface area (Å²) >= 11 is 1.72. The van der Waals surface area contributed by atoms with E-state index in [1.807, 2.05) is 38.1 Å². The average Bonchev–Trinajstić information content (AvgIpc) is 2.98. The summed E-state index contributed by atoms with van der Waals surface area (Å²) in [7, 11) is 0. The Morgan fingerprint density at radius 2 is 1.96 bits per heavy atom. The Morgan fingerprint density at radius 1 is 1.31 bits per heavy atom. The Balaban J connectivity index is 1.82. The summed E-state index contributed by atoms with van der Waals surface area (Å²) in [6, 6.07) is 0. The molecule has 0 atom stereocenters. The molecule has 0 radical (unpaired) electrons. The van der Waals surface area contributed by atoms with Crippen LogP contribution < -0.4 is 0 Å². The zero-order chi connectivity index (χ0) is 19.4. The van der Waals surface area contributed by atoms with Crippen LogP contribution in [0.25, 0.3) is 0 Å². The molecule has 6 heteroatoms. The van der Waals surface area contributed by atoms with Gasteiger partial charge in [-0.2, -0.15) is 0 Å². The van der Waals surface area contributed by atoms with E-state index in [0.717, 1.165) is 48.8 Å². The summed E-state index contributed by atoms with van der Waals surface area (Å²) in [5.41, 5.74) is -0.122. The van der Waals surface area contributed by atoms with Crippen LogP contribution in [-0.4, -0.2) is 47.4 Å². The first-order valence-electron chi connectivity index (χ1n) is 9.47. The van der Waals surface area contributed by atoms with Crippen molar-refractivity contribution in [3.63, 3.8) is 0 Å². The van der Waals surface area contributed by atoms with E-state index in [4.69, 9.17) is 4.74 Å². The first-order valence-corrected chi connectivity index (χ1v) is 10.3. The van der Waals surface area contributed by atoms with Gasteiger partial charge in [0.15, 0.2) is 0 Å². The molecule has 2 heterocycles. The van der Waals surface area contributed by atoms with E-state index in [-0.39, 0.29) is 6.09 Å². The summed E-state index contributed by atoms with van der Waals surface area (Å²) in [4.78, 5) is 24.2. The number of carbonyl (C=O) groups is 1. The first kappa shape index (κ1) is 20.9.